The number of carbonyl (C=O) groups is 1. The summed E-state index contributed by atoms with van der Waals surface area (Å²) in [6.45, 7) is 3.78. The fourth-order valence-electron chi connectivity index (χ4n) is 5.50. The van der Waals surface area contributed by atoms with Gasteiger partial charge in [0, 0.05) is 31.6 Å². The van der Waals surface area contributed by atoms with Gasteiger partial charge in [0.25, 0.3) is 5.91 Å². The molecule has 2 heterocycles. The second-order valence-electron chi connectivity index (χ2n) is 9.49. The summed E-state index contributed by atoms with van der Waals surface area (Å²) >= 11 is 0. The fourth-order valence-corrected chi connectivity index (χ4v) is 6.40. The lowest BCUT2D eigenvalue weighted by Gasteiger charge is -2.46. The molecule has 0 bridgehead atoms. The molecule has 1 fully saturated rings. The molecule has 5 rings (SSSR count). The van der Waals surface area contributed by atoms with Gasteiger partial charge in [-0.05, 0) is 67.3 Å². The number of hydrogen-bond acceptors (Lipinski definition) is 5. The molecule has 3 aliphatic rings. The Balaban J connectivity index is 1.51. The summed E-state index contributed by atoms with van der Waals surface area (Å²) < 4.78 is 37.7. The van der Waals surface area contributed by atoms with Crippen LogP contribution >= 0.6 is 0 Å². The third-order valence-corrected chi connectivity index (χ3v) is 9.21. The lowest BCUT2D eigenvalue weighted by molar-refractivity contribution is 0.0593. The largest absolute Gasteiger partial charge is 0.486 e. The van der Waals surface area contributed by atoms with Crippen LogP contribution in [-0.2, 0) is 15.4 Å². The van der Waals surface area contributed by atoms with Crippen LogP contribution in [0.1, 0.15) is 60.1 Å². The van der Waals surface area contributed by atoms with Crippen molar-refractivity contribution in [3.05, 3.63) is 53.1 Å². The van der Waals surface area contributed by atoms with Gasteiger partial charge in [-0.1, -0.05) is 12.8 Å². The molecule has 2 aromatic rings. The smallest absolute Gasteiger partial charge is 0.254 e. The van der Waals surface area contributed by atoms with Crippen LogP contribution in [-0.4, -0.2) is 57.4 Å². The Morgan fingerprint density at radius 1 is 1.03 bits per heavy atom. The minimum absolute atomic E-state index is 0.0804. The molecule has 2 aliphatic heterocycles. The monoisotopic (exact) mass is 470 g/mol. The van der Waals surface area contributed by atoms with Crippen LogP contribution in [0, 0.1) is 0 Å². The van der Waals surface area contributed by atoms with Gasteiger partial charge in [0.05, 0.1) is 10.9 Å². The summed E-state index contributed by atoms with van der Waals surface area (Å²) in [6.07, 6.45) is 4.36. The average Bonchev–Trinajstić information content (AvgIpc) is 3.29. The first-order valence-electron chi connectivity index (χ1n) is 11.5. The predicted octanol–water partition coefficient (Wildman–Crippen LogP) is 3.74. The van der Waals surface area contributed by atoms with E-state index in [0.717, 1.165) is 42.7 Å². The summed E-state index contributed by atoms with van der Waals surface area (Å²) in [5.74, 6) is 1.46. The molecule has 1 aliphatic carbocycles. The van der Waals surface area contributed by atoms with Crippen molar-refractivity contribution in [1.82, 2.24) is 9.21 Å². The summed E-state index contributed by atoms with van der Waals surface area (Å²) in [4.78, 5) is 15.8. The second kappa shape index (κ2) is 8.02. The van der Waals surface area contributed by atoms with Crippen molar-refractivity contribution in [2.45, 2.75) is 49.0 Å². The molecule has 33 heavy (non-hydrogen) atoms. The van der Waals surface area contributed by atoms with Gasteiger partial charge in [-0.3, -0.25) is 4.79 Å². The first-order chi connectivity index (χ1) is 15.7. The van der Waals surface area contributed by atoms with E-state index in [9.17, 15) is 13.2 Å². The van der Waals surface area contributed by atoms with Crippen LogP contribution in [0.15, 0.2) is 41.3 Å². The van der Waals surface area contributed by atoms with Crippen molar-refractivity contribution in [2.24, 2.45) is 0 Å². The molecule has 7 nitrogen and oxygen atoms in total. The molecule has 0 N–H and O–H groups in total. The molecule has 1 amide bonds. The Bertz CT molecular complexity index is 1180. The molecule has 2 aromatic carbocycles. The van der Waals surface area contributed by atoms with Crippen molar-refractivity contribution in [2.75, 3.05) is 33.9 Å². The van der Waals surface area contributed by atoms with Crippen molar-refractivity contribution in [1.29, 1.82) is 0 Å². The Hall–Kier alpha value is -2.58. The van der Waals surface area contributed by atoms with Crippen LogP contribution in [0.3, 0.4) is 0 Å². The number of sulfonamides is 1. The van der Waals surface area contributed by atoms with E-state index < -0.39 is 10.0 Å². The molecule has 1 saturated carbocycles. The Morgan fingerprint density at radius 3 is 2.24 bits per heavy atom. The highest BCUT2D eigenvalue weighted by atomic mass is 32.2. The molecule has 1 atom stereocenters. The molecule has 176 valence electrons. The molecular formula is C25H30N2O5S. The summed E-state index contributed by atoms with van der Waals surface area (Å²) in [7, 11) is -0.548. The molecular weight excluding hydrogens is 440 g/mol. The van der Waals surface area contributed by atoms with Gasteiger partial charge >= 0.3 is 0 Å². The summed E-state index contributed by atoms with van der Waals surface area (Å²) in [5.41, 5.74) is 2.82. The molecule has 1 spiro atoms. The van der Waals surface area contributed by atoms with E-state index >= 15 is 0 Å². The number of ether oxygens (including phenoxy) is 2. The van der Waals surface area contributed by atoms with Gasteiger partial charge in [-0.15, -0.1) is 0 Å². The summed E-state index contributed by atoms with van der Waals surface area (Å²) in [6, 6.07) is 10.3. The third kappa shape index (κ3) is 3.60. The number of nitrogens with zero attached hydrogens (tertiary/aromatic N) is 2. The van der Waals surface area contributed by atoms with E-state index in [4.69, 9.17) is 9.47 Å². The van der Waals surface area contributed by atoms with Gasteiger partial charge in [0.15, 0.2) is 11.5 Å². The highest BCUT2D eigenvalue weighted by Crippen LogP contribution is 2.52. The molecule has 0 radical (unpaired) electrons. The highest BCUT2D eigenvalue weighted by Gasteiger charge is 2.46. The molecule has 8 heteroatoms. The van der Waals surface area contributed by atoms with Crippen molar-refractivity contribution < 1.29 is 22.7 Å². The zero-order valence-electron chi connectivity index (χ0n) is 19.3. The molecule has 0 aromatic heterocycles. The van der Waals surface area contributed by atoms with Crippen LogP contribution in [0.2, 0.25) is 0 Å². The van der Waals surface area contributed by atoms with Gasteiger partial charge in [0.1, 0.15) is 13.2 Å². The maximum absolute atomic E-state index is 13.7. The zero-order valence-corrected chi connectivity index (χ0v) is 20.2. The standard InChI is InChI=1S/C25H30N2O5S/c1-17-20-14-22-23(32-13-12-31-22)15-21(20)25(10-4-5-11-25)16-27(17)24(28)18-6-8-19(9-7-18)33(29,30)26(2)3/h6-9,14-15,17H,4-5,10-13,16H2,1-3H3/t17-/m0/s1. The van der Waals surface area contributed by atoms with Crippen molar-refractivity contribution in [3.63, 3.8) is 0 Å². The minimum atomic E-state index is -3.54. The van der Waals surface area contributed by atoms with Gasteiger partial charge in [-0.25, -0.2) is 12.7 Å². The predicted molar refractivity (Wildman–Crippen MR) is 124 cm³/mol. The number of carbonyl (C=O) groups excluding carboxylic acids is 1. The lowest BCUT2D eigenvalue weighted by Crippen LogP contribution is -2.48. The van der Waals surface area contributed by atoms with E-state index in [2.05, 4.69) is 19.1 Å². The zero-order chi connectivity index (χ0) is 23.4. The number of hydrogen-bond donors (Lipinski definition) is 0. The topological polar surface area (TPSA) is 76.2 Å². The van der Waals surface area contributed by atoms with Crippen molar-refractivity contribution in [3.8, 4) is 11.5 Å². The normalized spacial score (nSPS) is 21.3. The molecule has 0 unspecified atom stereocenters. The van der Waals surface area contributed by atoms with Crippen LogP contribution in [0.5, 0.6) is 11.5 Å². The van der Waals surface area contributed by atoms with Gasteiger partial charge < -0.3 is 14.4 Å². The quantitative estimate of drug-likeness (QED) is 0.683. The van der Waals surface area contributed by atoms with E-state index in [-0.39, 0.29) is 22.3 Å². The van der Waals surface area contributed by atoms with E-state index in [0.29, 0.717) is 25.3 Å². The van der Waals surface area contributed by atoms with Crippen LogP contribution in [0.4, 0.5) is 0 Å². The second-order valence-corrected chi connectivity index (χ2v) is 11.6. The van der Waals surface area contributed by atoms with E-state index in [1.54, 1.807) is 12.1 Å². The molecule has 0 saturated heterocycles. The SMILES string of the molecule is C[C@H]1c2cc3c(cc2C2(CCCC2)CN1C(=O)c1ccc(S(=O)(=O)N(C)C)cc1)OCCO3. The Labute approximate surface area is 195 Å². The number of benzene rings is 2. The number of amides is 1. The maximum Gasteiger partial charge on any atom is 0.254 e. The third-order valence-electron chi connectivity index (χ3n) is 7.38. The van der Waals surface area contributed by atoms with E-state index in [1.165, 1.54) is 36.1 Å². The number of rotatable bonds is 3. The fraction of sp³-hybridized carbons (Fsp3) is 0.480. The minimum Gasteiger partial charge on any atom is -0.486 e. The highest BCUT2D eigenvalue weighted by molar-refractivity contribution is 7.89. The Kier molecular flexibility index (Phi) is 5.40. The average molecular weight is 471 g/mol. The van der Waals surface area contributed by atoms with Gasteiger partial charge in [-0.2, -0.15) is 0 Å². The van der Waals surface area contributed by atoms with E-state index in [1.807, 2.05) is 4.90 Å². The van der Waals surface area contributed by atoms with Crippen LogP contribution in [0.25, 0.3) is 0 Å². The maximum atomic E-state index is 13.7. The lowest BCUT2D eigenvalue weighted by atomic mass is 9.71. The summed E-state index contributed by atoms with van der Waals surface area (Å²) in [5, 5.41) is 0. The first-order valence-corrected chi connectivity index (χ1v) is 12.9. The van der Waals surface area contributed by atoms with Crippen LogP contribution < -0.4 is 9.47 Å². The van der Waals surface area contributed by atoms with Gasteiger partial charge in [0.2, 0.25) is 10.0 Å². The Morgan fingerprint density at radius 2 is 1.64 bits per heavy atom. The van der Waals surface area contributed by atoms with Crippen molar-refractivity contribution >= 4 is 15.9 Å². The number of fused-ring (bicyclic) bond motifs is 3. The first kappa shape index (κ1) is 22.2.